The number of ether oxygens (including phenoxy) is 3. The first-order chi connectivity index (χ1) is 13.6. The molecule has 0 unspecified atom stereocenters. The minimum atomic E-state index is -0.401. The molecule has 0 saturated carbocycles. The van der Waals surface area contributed by atoms with Gasteiger partial charge in [0.05, 0.1) is 20.4 Å². The number of carbonyl (C=O) groups is 1. The lowest BCUT2D eigenvalue weighted by molar-refractivity contribution is -0.123. The monoisotopic (exact) mass is 380 g/mol. The lowest BCUT2D eigenvalue weighted by atomic mass is 10.1. The molecular weight excluding hydrogens is 360 g/mol. The van der Waals surface area contributed by atoms with E-state index in [1.807, 2.05) is 42.5 Å². The molecule has 3 aromatic rings. The van der Waals surface area contributed by atoms with Crippen molar-refractivity contribution in [3.8, 4) is 23.0 Å². The first-order valence-electron chi connectivity index (χ1n) is 8.50. The van der Waals surface area contributed by atoms with Crippen LogP contribution in [0.2, 0.25) is 0 Å². The number of benzene rings is 3. The van der Waals surface area contributed by atoms with Crippen molar-refractivity contribution in [2.45, 2.75) is 0 Å². The topological polar surface area (TPSA) is 89.4 Å². The van der Waals surface area contributed by atoms with Crippen LogP contribution in [0.5, 0.6) is 23.0 Å². The Morgan fingerprint density at radius 3 is 2.43 bits per heavy atom. The van der Waals surface area contributed by atoms with E-state index >= 15 is 0 Å². The fourth-order valence-electron chi connectivity index (χ4n) is 2.66. The summed E-state index contributed by atoms with van der Waals surface area (Å²) < 4.78 is 15.8. The van der Waals surface area contributed by atoms with Gasteiger partial charge in [-0.15, -0.1) is 0 Å². The van der Waals surface area contributed by atoms with Crippen LogP contribution in [0, 0.1) is 0 Å². The van der Waals surface area contributed by atoms with Gasteiger partial charge in [0.1, 0.15) is 5.75 Å². The van der Waals surface area contributed by atoms with Gasteiger partial charge >= 0.3 is 0 Å². The molecular formula is C21H20N2O5. The number of carbonyl (C=O) groups excluding carboxylic acids is 1. The molecule has 0 spiro atoms. The number of fused-ring (bicyclic) bond motifs is 1. The van der Waals surface area contributed by atoms with Crippen molar-refractivity contribution >= 4 is 22.9 Å². The number of hydrogen-bond donors (Lipinski definition) is 2. The van der Waals surface area contributed by atoms with Crippen molar-refractivity contribution < 1.29 is 24.1 Å². The molecule has 3 aromatic carbocycles. The molecule has 0 fully saturated rings. The van der Waals surface area contributed by atoms with E-state index in [2.05, 4.69) is 10.5 Å². The molecule has 0 aliphatic carbocycles. The zero-order chi connectivity index (χ0) is 19.9. The summed E-state index contributed by atoms with van der Waals surface area (Å²) in [4.78, 5) is 12.0. The van der Waals surface area contributed by atoms with Gasteiger partial charge in [0, 0.05) is 10.9 Å². The molecule has 0 aliphatic rings. The molecule has 2 N–H and O–H groups in total. The molecule has 7 nitrogen and oxygen atoms in total. The standard InChI is InChI=1S/C21H20N2O5/c1-26-18-10-14(11-19(27-2)21(18)25)12-22-23-20(24)13-28-17-9-5-7-15-6-3-4-8-16(15)17/h3-12,25H,13H2,1-2H3,(H,23,24)/b22-12+. The van der Waals surface area contributed by atoms with Gasteiger partial charge in [-0.2, -0.15) is 5.10 Å². The summed E-state index contributed by atoms with van der Waals surface area (Å²) >= 11 is 0. The summed E-state index contributed by atoms with van der Waals surface area (Å²) in [6.07, 6.45) is 1.42. The molecule has 0 aliphatic heterocycles. The largest absolute Gasteiger partial charge is 0.502 e. The second-order valence-corrected chi connectivity index (χ2v) is 5.83. The van der Waals surface area contributed by atoms with E-state index in [9.17, 15) is 9.90 Å². The van der Waals surface area contributed by atoms with Gasteiger partial charge in [-0.05, 0) is 23.6 Å². The van der Waals surface area contributed by atoms with Gasteiger partial charge in [0.15, 0.2) is 18.1 Å². The minimum Gasteiger partial charge on any atom is -0.502 e. The molecule has 1 amide bonds. The van der Waals surface area contributed by atoms with Crippen LogP contribution in [-0.4, -0.2) is 38.1 Å². The molecule has 0 aromatic heterocycles. The van der Waals surface area contributed by atoms with Gasteiger partial charge in [-0.25, -0.2) is 5.43 Å². The number of aromatic hydroxyl groups is 1. The van der Waals surface area contributed by atoms with Crippen LogP contribution in [-0.2, 0) is 4.79 Å². The van der Waals surface area contributed by atoms with Crippen molar-refractivity contribution in [2.24, 2.45) is 5.10 Å². The van der Waals surface area contributed by atoms with E-state index in [0.717, 1.165) is 10.8 Å². The van der Waals surface area contributed by atoms with Crippen LogP contribution in [0.1, 0.15) is 5.56 Å². The second kappa shape index (κ2) is 8.77. The van der Waals surface area contributed by atoms with Crippen molar-refractivity contribution in [3.63, 3.8) is 0 Å². The summed E-state index contributed by atoms with van der Waals surface area (Å²) in [6, 6.07) is 16.6. The summed E-state index contributed by atoms with van der Waals surface area (Å²) in [5.74, 6) is 0.611. The van der Waals surface area contributed by atoms with Crippen LogP contribution >= 0.6 is 0 Å². The SMILES string of the molecule is COc1cc(/C=N/NC(=O)COc2cccc3ccccc23)cc(OC)c1O. The smallest absolute Gasteiger partial charge is 0.277 e. The maximum absolute atomic E-state index is 12.0. The van der Waals surface area contributed by atoms with Crippen LogP contribution in [0.4, 0.5) is 0 Å². The van der Waals surface area contributed by atoms with Gasteiger partial charge in [-0.3, -0.25) is 4.79 Å². The first kappa shape index (κ1) is 19.0. The minimum absolute atomic E-state index is 0.102. The Bertz CT molecular complexity index is 986. The maximum Gasteiger partial charge on any atom is 0.277 e. The highest BCUT2D eigenvalue weighted by Gasteiger charge is 2.10. The molecule has 0 radical (unpaired) electrons. The van der Waals surface area contributed by atoms with Crippen LogP contribution in [0.3, 0.4) is 0 Å². The Morgan fingerprint density at radius 1 is 1.04 bits per heavy atom. The number of hydrogen-bond acceptors (Lipinski definition) is 6. The number of rotatable bonds is 7. The van der Waals surface area contributed by atoms with Gasteiger partial charge in [-0.1, -0.05) is 36.4 Å². The predicted molar refractivity (Wildman–Crippen MR) is 106 cm³/mol. The zero-order valence-electron chi connectivity index (χ0n) is 15.5. The third-order valence-corrected chi connectivity index (χ3v) is 4.01. The second-order valence-electron chi connectivity index (χ2n) is 5.83. The third-order valence-electron chi connectivity index (χ3n) is 4.01. The van der Waals surface area contributed by atoms with E-state index in [0.29, 0.717) is 11.3 Å². The van der Waals surface area contributed by atoms with E-state index in [1.165, 1.54) is 20.4 Å². The van der Waals surface area contributed by atoms with E-state index in [4.69, 9.17) is 14.2 Å². The highest BCUT2D eigenvalue weighted by atomic mass is 16.5. The van der Waals surface area contributed by atoms with Crippen molar-refractivity contribution in [1.82, 2.24) is 5.43 Å². The van der Waals surface area contributed by atoms with Crippen molar-refractivity contribution in [3.05, 3.63) is 60.2 Å². The first-order valence-corrected chi connectivity index (χ1v) is 8.50. The molecule has 144 valence electrons. The fraction of sp³-hybridized carbons (Fsp3) is 0.143. The summed E-state index contributed by atoms with van der Waals surface area (Å²) in [7, 11) is 2.86. The molecule has 0 atom stereocenters. The number of nitrogens with zero attached hydrogens (tertiary/aromatic N) is 1. The molecule has 0 saturated heterocycles. The molecule has 28 heavy (non-hydrogen) atoms. The summed E-state index contributed by atoms with van der Waals surface area (Å²) in [5, 5.41) is 15.8. The quantitative estimate of drug-likeness (QED) is 0.486. The highest BCUT2D eigenvalue weighted by molar-refractivity contribution is 5.89. The average Bonchev–Trinajstić information content (AvgIpc) is 2.73. The molecule has 7 heteroatoms. The van der Waals surface area contributed by atoms with Gasteiger partial charge < -0.3 is 19.3 Å². The normalized spacial score (nSPS) is 10.8. The molecule has 3 rings (SSSR count). The van der Waals surface area contributed by atoms with E-state index < -0.39 is 5.91 Å². The maximum atomic E-state index is 12.0. The number of phenols is 1. The summed E-state index contributed by atoms with van der Waals surface area (Å²) in [6.45, 7) is -0.173. The number of nitrogens with one attached hydrogen (secondary N) is 1. The Kier molecular flexibility index (Phi) is 5.96. The Labute approximate surface area is 162 Å². The van der Waals surface area contributed by atoms with Gasteiger partial charge in [0.2, 0.25) is 5.75 Å². The Morgan fingerprint density at radius 2 is 1.71 bits per heavy atom. The predicted octanol–water partition coefficient (Wildman–Crippen LogP) is 3.09. The Balaban J connectivity index is 1.61. The van der Waals surface area contributed by atoms with Crippen molar-refractivity contribution in [1.29, 1.82) is 0 Å². The molecule has 0 bridgehead atoms. The van der Waals surface area contributed by atoms with Crippen LogP contribution in [0.25, 0.3) is 10.8 Å². The third kappa shape index (κ3) is 4.32. The fourth-order valence-corrected chi connectivity index (χ4v) is 2.66. The van der Waals surface area contributed by atoms with E-state index in [-0.39, 0.29) is 23.9 Å². The summed E-state index contributed by atoms with van der Waals surface area (Å²) in [5.41, 5.74) is 2.99. The average molecular weight is 380 g/mol. The van der Waals surface area contributed by atoms with Gasteiger partial charge in [0.25, 0.3) is 5.91 Å². The Hall–Kier alpha value is -3.74. The van der Waals surface area contributed by atoms with E-state index in [1.54, 1.807) is 12.1 Å². The lowest BCUT2D eigenvalue weighted by Crippen LogP contribution is -2.24. The number of amides is 1. The number of methoxy groups -OCH3 is 2. The molecule has 0 heterocycles. The number of hydrazone groups is 1. The van der Waals surface area contributed by atoms with Crippen LogP contribution in [0.15, 0.2) is 59.7 Å². The number of phenolic OH excluding ortho intramolecular Hbond substituents is 1. The zero-order valence-corrected chi connectivity index (χ0v) is 15.5. The lowest BCUT2D eigenvalue weighted by Gasteiger charge is -2.09. The highest BCUT2D eigenvalue weighted by Crippen LogP contribution is 2.36. The van der Waals surface area contributed by atoms with Crippen LogP contribution < -0.4 is 19.6 Å². The van der Waals surface area contributed by atoms with Crippen molar-refractivity contribution in [2.75, 3.05) is 20.8 Å².